The van der Waals surface area contributed by atoms with Crippen LogP contribution in [0.4, 0.5) is 17.5 Å². The molecule has 1 aliphatic heterocycles. The standard InChI is InChI=1S/C19H27N5O/c1-15(2)14-21-18-8-9-20-19(22-18)24-12-10-23(11-13-24)16-4-6-17(25-3)7-5-16/h4-9,15H,10-14H2,1-3H3,(H,20,21,22). The normalized spacial score (nSPS) is 14.7. The van der Waals surface area contributed by atoms with Crippen LogP contribution >= 0.6 is 0 Å². The van der Waals surface area contributed by atoms with Gasteiger partial charge in [0, 0.05) is 44.6 Å². The Labute approximate surface area is 149 Å². The summed E-state index contributed by atoms with van der Waals surface area (Å²) in [5, 5.41) is 3.37. The van der Waals surface area contributed by atoms with E-state index in [2.05, 4.69) is 51.1 Å². The molecule has 6 heteroatoms. The highest BCUT2D eigenvalue weighted by molar-refractivity contribution is 5.51. The number of hydrogen-bond acceptors (Lipinski definition) is 6. The van der Waals surface area contributed by atoms with Crippen molar-refractivity contribution in [3.8, 4) is 5.75 Å². The first-order chi connectivity index (χ1) is 12.2. The van der Waals surface area contributed by atoms with E-state index >= 15 is 0 Å². The van der Waals surface area contributed by atoms with Gasteiger partial charge >= 0.3 is 0 Å². The van der Waals surface area contributed by atoms with Crippen molar-refractivity contribution in [3.05, 3.63) is 36.5 Å². The van der Waals surface area contributed by atoms with Crippen LogP contribution < -0.4 is 19.9 Å². The minimum absolute atomic E-state index is 0.589. The number of piperazine rings is 1. The van der Waals surface area contributed by atoms with Crippen LogP contribution in [-0.2, 0) is 0 Å². The molecule has 1 aliphatic rings. The zero-order valence-electron chi connectivity index (χ0n) is 15.3. The van der Waals surface area contributed by atoms with E-state index in [0.29, 0.717) is 5.92 Å². The Morgan fingerprint density at radius 3 is 2.36 bits per heavy atom. The van der Waals surface area contributed by atoms with Gasteiger partial charge in [-0.2, -0.15) is 4.98 Å². The van der Waals surface area contributed by atoms with Gasteiger partial charge in [-0.3, -0.25) is 0 Å². The maximum atomic E-state index is 5.23. The van der Waals surface area contributed by atoms with Crippen molar-refractivity contribution < 1.29 is 4.74 Å². The van der Waals surface area contributed by atoms with Crippen molar-refractivity contribution in [2.24, 2.45) is 5.92 Å². The molecule has 3 rings (SSSR count). The number of methoxy groups -OCH3 is 1. The predicted molar refractivity (Wildman–Crippen MR) is 103 cm³/mol. The molecule has 0 saturated carbocycles. The van der Waals surface area contributed by atoms with E-state index in [9.17, 15) is 0 Å². The van der Waals surface area contributed by atoms with Crippen LogP contribution in [-0.4, -0.2) is 49.8 Å². The van der Waals surface area contributed by atoms with E-state index in [1.807, 2.05) is 24.4 Å². The minimum Gasteiger partial charge on any atom is -0.497 e. The fraction of sp³-hybridized carbons (Fsp3) is 0.474. The smallest absolute Gasteiger partial charge is 0.227 e. The van der Waals surface area contributed by atoms with E-state index in [0.717, 1.165) is 50.2 Å². The monoisotopic (exact) mass is 341 g/mol. The maximum absolute atomic E-state index is 5.23. The Morgan fingerprint density at radius 2 is 1.72 bits per heavy atom. The van der Waals surface area contributed by atoms with Crippen molar-refractivity contribution in [2.45, 2.75) is 13.8 Å². The fourth-order valence-corrected chi connectivity index (χ4v) is 2.87. The number of ether oxygens (including phenoxy) is 1. The Balaban J connectivity index is 1.59. The van der Waals surface area contributed by atoms with Gasteiger partial charge in [-0.1, -0.05) is 13.8 Å². The van der Waals surface area contributed by atoms with Crippen molar-refractivity contribution >= 4 is 17.5 Å². The fourth-order valence-electron chi connectivity index (χ4n) is 2.87. The Hall–Kier alpha value is -2.50. The second kappa shape index (κ2) is 8.05. The van der Waals surface area contributed by atoms with E-state index < -0.39 is 0 Å². The van der Waals surface area contributed by atoms with Crippen molar-refractivity contribution in [1.29, 1.82) is 0 Å². The quantitative estimate of drug-likeness (QED) is 0.872. The number of anilines is 3. The molecule has 0 unspecified atom stereocenters. The van der Waals surface area contributed by atoms with Gasteiger partial charge in [0.2, 0.25) is 5.95 Å². The van der Waals surface area contributed by atoms with E-state index in [-0.39, 0.29) is 0 Å². The summed E-state index contributed by atoms with van der Waals surface area (Å²) in [6, 6.07) is 10.2. The lowest BCUT2D eigenvalue weighted by molar-refractivity contribution is 0.415. The zero-order chi connectivity index (χ0) is 17.6. The Kier molecular flexibility index (Phi) is 5.58. The number of hydrogen-bond donors (Lipinski definition) is 1. The highest BCUT2D eigenvalue weighted by Gasteiger charge is 2.19. The summed E-state index contributed by atoms with van der Waals surface area (Å²) in [6.07, 6.45) is 1.83. The minimum atomic E-state index is 0.589. The van der Waals surface area contributed by atoms with Gasteiger partial charge in [-0.25, -0.2) is 4.98 Å². The molecule has 0 spiro atoms. The third kappa shape index (κ3) is 4.53. The lowest BCUT2D eigenvalue weighted by Gasteiger charge is -2.36. The van der Waals surface area contributed by atoms with Crippen LogP contribution in [0.5, 0.6) is 5.75 Å². The third-order valence-corrected chi connectivity index (χ3v) is 4.33. The molecule has 1 fully saturated rings. The van der Waals surface area contributed by atoms with E-state index in [4.69, 9.17) is 4.74 Å². The van der Waals surface area contributed by atoms with Crippen LogP contribution in [0.3, 0.4) is 0 Å². The molecule has 1 aromatic heterocycles. The first-order valence-corrected chi connectivity index (χ1v) is 8.86. The van der Waals surface area contributed by atoms with E-state index in [1.165, 1.54) is 5.69 Å². The van der Waals surface area contributed by atoms with Gasteiger partial charge in [0.15, 0.2) is 0 Å². The molecule has 0 amide bonds. The molecule has 134 valence electrons. The maximum Gasteiger partial charge on any atom is 0.227 e. The van der Waals surface area contributed by atoms with Crippen LogP contribution in [0.2, 0.25) is 0 Å². The molecule has 0 atom stereocenters. The highest BCUT2D eigenvalue weighted by atomic mass is 16.5. The SMILES string of the molecule is COc1ccc(N2CCN(c3nccc(NCC(C)C)n3)CC2)cc1. The molecule has 6 nitrogen and oxygen atoms in total. The van der Waals surface area contributed by atoms with Gasteiger partial charge in [0.1, 0.15) is 11.6 Å². The van der Waals surface area contributed by atoms with Gasteiger partial charge in [0.05, 0.1) is 7.11 Å². The number of aromatic nitrogens is 2. The first kappa shape index (κ1) is 17.3. The average molecular weight is 341 g/mol. The van der Waals surface area contributed by atoms with Crippen molar-refractivity contribution in [1.82, 2.24) is 9.97 Å². The number of nitrogens with zero attached hydrogens (tertiary/aromatic N) is 4. The molecule has 25 heavy (non-hydrogen) atoms. The van der Waals surface area contributed by atoms with Gasteiger partial charge in [0.25, 0.3) is 0 Å². The number of nitrogens with one attached hydrogen (secondary N) is 1. The predicted octanol–water partition coefficient (Wildman–Crippen LogP) is 2.88. The molecule has 0 aliphatic carbocycles. The summed E-state index contributed by atoms with van der Waals surface area (Å²) < 4.78 is 5.23. The molecular formula is C19H27N5O. The summed E-state index contributed by atoms with van der Waals surface area (Å²) >= 11 is 0. The summed E-state index contributed by atoms with van der Waals surface area (Å²) in [6.45, 7) is 9.04. The summed E-state index contributed by atoms with van der Waals surface area (Å²) in [5.41, 5.74) is 1.23. The molecular weight excluding hydrogens is 314 g/mol. The van der Waals surface area contributed by atoms with Crippen molar-refractivity contribution in [3.63, 3.8) is 0 Å². The molecule has 1 saturated heterocycles. The largest absolute Gasteiger partial charge is 0.497 e. The molecule has 2 heterocycles. The lowest BCUT2D eigenvalue weighted by Crippen LogP contribution is -2.47. The molecule has 1 N–H and O–H groups in total. The second-order valence-corrected chi connectivity index (χ2v) is 6.69. The average Bonchev–Trinajstić information content (AvgIpc) is 2.67. The summed E-state index contributed by atoms with van der Waals surface area (Å²) in [7, 11) is 1.69. The van der Waals surface area contributed by atoms with Crippen molar-refractivity contribution in [2.75, 3.05) is 55.0 Å². The van der Waals surface area contributed by atoms with Gasteiger partial charge < -0.3 is 19.9 Å². The van der Waals surface area contributed by atoms with Gasteiger partial charge in [-0.15, -0.1) is 0 Å². The van der Waals surface area contributed by atoms with E-state index in [1.54, 1.807) is 7.11 Å². The third-order valence-electron chi connectivity index (χ3n) is 4.33. The molecule has 0 bridgehead atoms. The number of benzene rings is 1. The molecule has 0 radical (unpaired) electrons. The lowest BCUT2D eigenvalue weighted by atomic mass is 10.2. The van der Waals surface area contributed by atoms with Gasteiger partial charge in [-0.05, 0) is 36.2 Å². The Bertz CT molecular complexity index is 666. The number of rotatable bonds is 6. The Morgan fingerprint density at radius 1 is 1.04 bits per heavy atom. The second-order valence-electron chi connectivity index (χ2n) is 6.69. The molecule has 2 aromatic rings. The summed E-state index contributed by atoms with van der Waals surface area (Å²) in [4.78, 5) is 13.7. The first-order valence-electron chi connectivity index (χ1n) is 8.86. The van der Waals surface area contributed by atoms with Crippen LogP contribution in [0.25, 0.3) is 0 Å². The van der Waals surface area contributed by atoms with Crippen LogP contribution in [0.15, 0.2) is 36.5 Å². The topological polar surface area (TPSA) is 53.5 Å². The zero-order valence-corrected chi connectivity index (χ0v) is 15.3. The molecule has 1 aromatic carbocycles. The van der Waals surface area contributed by atoms with Crippen LogP contribution in [0.1, 0.15) is 13.8 Å². The highest BCUT2D eigenvalue weighted by Crippen LogP contribution is 2.21. The summed E-state index contributed by atoms with van der Waals surface area (Å²) in [5.74, 6) is 3.19. The van der Waals surface area contributed by atoms with Crippen LogP contribution in [0, 0.1) is 5.92 Å².